The lowest BCUT2D eigenvalue weighted by atomic mass is 10.2. The number of aliphatic hydroxyl groups is 1. The Morgan fingerprint density at radius 2 is 2.30 bits per heavy atom. The van der Waals surface area contributed by atoms with Crippen LogP contribution in [0.2, 0.25) is 0 Å². The van der Waals surface area contributed by atoms with E-state index in [0.717, 1.165) is 6.20 Å². The lowest BCUT2D eigenvalue weighted by Gasteiger charge is -2.01. The molecule has 1 heterocycles. The molecule has 0 amide bonds. The first-order valence-corrected chi connectivity index (χ1v) is 2.98. The second kappa shape index (κ2) is 2.75. The van der Waals surface area contributed by atoms with Crippen molar-refractivity contribution in [3.63, 3.8) is 0 Å². The summed E-state index contributed by atoms with van der Waals surface area (Å²) in [5.74, 6) is -0.418. The minimum Gasteiger partial charge on any atom is -0.389 e. The van der Waals surface area contributed by atoms with E-state index >= 15 is 0 Å². The van der Waals surface area contributed by atoms with Crippen LogP contribution in [0.4, 0.5) is 4.39 Å². The zero-order chi connectivity index (χ0) is 7.56. The molecule has 1 N–H and O–H groups in total. The average molecular weight is 141 g/mol. The maximum absolute atomic E-state index is 12.4. The van der Waals surface area contributed by atoms with Crippen LogP contribution in [0.1, 0.15) is 18.6 Å². The van der Waals surface area contributed by atoms with Crippen molar-refractivity contribution in [1.82, 2.24) is 4.98 Å². The predicted octanol–water partition coefficient (Wildman–Crippen LogP) is 1.27. The summed E-state index contributed by atoms with van der Waals surface area (Å²) in [6.45, 7) is 1.57. The number of nitrogens with zero attached hydrogens (tertiary/aromatic N) is 1. The van der Waals surface area contributed by atoms with Gasteiger partial charge in [0.2, 0.25) is 0 Å². The molecular formula is C7H8FNO. The SMILES string of the molecule is C[C@@H](O)c1cncc(F)c1. The van der Waals surface area contributed by atoms with Gasteiger partial charge in [0.1, 0.15) is 5.82 Å². The fourth-order valence-corrected chi connectivity index (χ4v) is 0.657. The largest absolute Gasteiger partial charge is 0.389 e. The molecule has 0 aromatic carbocycles. The van der Waals surface area contributed by atoms with Crippen LogP contribution in [0.15, 0.2) is 18.5 Å². The van der Waals surface area contributed by atoms with Gasteiger partial charge in [-0.25, -0.2) is 4.39 Å². The lowest BCUT2D eigenvalue weighted by Crippen LogP contribution is -1.92. The molecule has 0 spiro atoms. The molecule has 1 atom stereocenters. The second-order valence-corrected chi connectivity index (χ2v) is 2.11. The Balaban J connectivity index is 2.96. The van der Waals surface area contributed by atoms with Crippen molar-refractivity contribution in [3.05, 3.63) is 29.8 Å². The minimum absolute atomic E-state index is 0.418. The number of aliphatic hydroxyl groups excluding tert-OH is 1. The number of hydrogen-bond donors (Lipinski definition) is 1. The number of aromatic nitrogens is 1. The number of hydrogen-bond acceptors (Lipinski definition) is 2. The summed E-state index contributed by atoms with van der Waals surface area (Å²) < 4.78 is 12.4. The van der Waals surface area contributed by atoms with E-state index in [1.165, 1.54) is 12.3 Å². The van der Waals surface area contributed by atoms with Crippen molar-refractivity contribution in [2.45, 2.75) is 13.0 Å². The zero-order valence-electron chi connectivity index (χ0n) is 5.58. The van der Waals surface area contributed by atoms with Crippen molar-refractivity contribution in [2.24, 2.45) is 0 Å². The van der Waals surface area contributed by atoms with Gasteiger partial charge in [-0.15, -0.1) is 0 Å². The Hall–Kier alpha value is -0.960. The Kier molecular flexibility index (Phi) is 1.97. The highest BCUT2D eigenvalue weighted by atomic mass is 19.1. The van der Waals surface area contributed by atoms with Gasteiger partial charge in [0.15, 0.2) is 0 Å². The Labute approximate surface area is 58.3 Å². The summed E-state index contributed by atoms with van der Waals surface area (Å²) in [4.78, 5) is 3.57. The third-order valence-electron chi connectivity index (χ3n) is 1.21. The van der Waals surface area contributed by atoms with Crippen LogP contribution in [0.3, 0.4) is 0 Å². The topological polar surface area (TPSA) is 33.1 Å². The molecule has 54 valence electrons. The van der Waals surface area contributed by atoms with Gasteiger partial charge >= 0.3 is 0 Å². The molecule has 0 aliphatic carbocycles. The summed E-state index contributed by atoms with van der Waals surface area (Å²) >= 11 is 0. The second-order valence-electron chi connectivity index (χ2n) is 2.11. The van der Waals surface area contributed by atoms with Crippen LogP contribution < -0.4 is 0 Å². The van der Waals surface area contributed by atoms with Gasteiger partial charge in [0.25, 0.3) is 0 Å². The normalized spacial score (nSPS) is 13.1. The van der Waals surface area contributed by atoms with E-state index in [1.54, 1.807) is 6.92 Å². The van der Waals surface area contributed by atoms with Crippen molar-refractivity contribution in [1.29, 1.82) is 0 Å². The van der Waals surface area contributed by atoms with Crippen LogP contribution in [-0.4, -0.2) is 10.1 Å². The quantitative estimate of drug-likeness (QED) is 0.639. The monoisotopic (exact) mass is 141 g/mol. The lowest BCUT2D eigenvalue weighted by molar-refractivity contribution is 0.198. The highest BCUT2D eigenvalue weighted by Crippen LogP contribution is 2.10. The third-order valence-corrected chi connectivity index (χ3v) is 1.21. The molecule has 0 fully saturated rings. The molecule has 2 nitrogen and oxygen atoms in total. The highest BCUT2D eigenvalue weighted by molar-refractivity contribution is 5.11. The third kappa shape index (κ3) is 1.51. The zero-order valence-corrected chi connectivity index (χ0v) is 5.58. The Morgan fingerprint density at radius 1 is 1.60 bits per heavy atom. The summed E-state index contributed by atoms with van der Waals surface area (Å²) in [5, 5.41) is 8.94. The Bertz CT molecular complexity index is 225. The van der Waals surface area contributed by atoms with Gasteiger partial charge in [-0.2, -0.15) is 0 Å². The molecule has 0 saturated heterocycles. The smallest absolute Gasteiger partial charge is 0.141 e. The molecule has 1 rings (SSSR count). The maximum Gasteiger partial charge on any atom is 0.141 e. The van der Waals surface area contributed by atoms with Crippen LogP contribution in [0.5, 0.6) is 0 Å². The van der Waals surface area contributed by atoms with Crippen molar-refractivity contribution < 1.29 is 9.50 Å². The van der Waals surface area contributed by atoms with E-state index in [-0.39, 0.29) is 0 Å². The van der Waals surface area contributed by atoms with E-state index in [0.29, 0.717) is 5.56 Å². The van der Waals surface area contributed by atoms with E-state index in [4.69, 9.17) is 5.11 Å². The van der Waals surface area contributed by atoms with Gasteiger partial charge in [-0.1, -0.05) is 0 Å². The standard InChI is InChI=1S/C7H8FNO/c1-5(10)6-2-7(8)4-9-3-6/h2-5,10H,1H3/t5-/m1/s1. The molecule has 3 heteroatoms. The summed E-state index contributed by atoms with van der Waals surface area (Å²) in [7, 11) is 0. The minimum atomic E-state index is -0.650. The van der Waals surface area contributed by atoms with Crippen LogP contribution in [-0.2, 0) is 0 Å². The average Bonchev–Trinajstić information content (AvgIpc) is 1.88. The molecule has 1 aromatic rings. The Morgan fingerprint density at radius 3 is 2.70 bits per heavy atom. The van der Waals surface area contributed by atoms with Gasteiger partial charge in [0.05, 0.1) is 12.3 Å². The van der Waals surface area contributed by atoms with E-state index < -0.39 is 11.9 Å². The fraction of sp³-hybridized carbons (Fsp3) is 0.286. The van der Waals surface area contributed by atoms with Crippen LogP contribution in [0.25, 0.3) is 0 Å². The molecule has 0 unspecified atom stereocenters. The van der Waals surface area contributed by atoms with Crippen molar-refractivity contribution >= 4 is 0 Å². The first kappa shape index (κ1) is 7.15. The van der Waals surface area contributed by atoms with E-state index in [1.807, 2.05) is 0 Å². The molecule has 0 bridgehead atoms. The fourth-order valence-electron chi connectivity index (χ4n) is 0.657. The predicted molar refractivity (Wildman–Crippen MR) is 34.8 cm³/mol. The van der Waals surface area contributed by atoms with Gasteiger partial charge in [-0.3, -0.25) is 4.98 Å². The highest BCUT2D eigenvalue weighted by Gasteiger charge is 2.00. The first-order valence-electron chi connectivity index (χ1n) is 2.98. The van der Waals surface area contributed by atoms with E-state index in [2.05, 4.69) is 4.98 Å². The summed E-state index contributed by atoms with van der Waals surface area (Å²) in [5.41, 5.74) is 0.500. The molecule has 0 aliphatic rings. The molecule has 0 radical (unpaired) electrons. The summed E-state index contributed by atoms with van der Waals surface area (Å²) in [6.07, 6.45) is 1.89. The maximum atomic E-state index is 12.4. The van der Waals surface area contributed by atoms with Gasteiger partial charge in [-0.05, 0) is 13.0 Å². The number of pyridine rings is 1. The van der Waals surface area contributed by atoms with Gasteiger partial charge < -0.3 is 5.11 Å². The molecule has 0 saturated carbocycles. The molecule has 1 aromatic heterocycles. The first-order chi connectivity index (χ1) is 4.70. The molecular weight excluding hydrogens is 133 g/mol. The van der Waals surface area contributed by atoms with Crippen LogP contribution in [0, 0.1) is 5.82 Å². The van der Waals surface area contributed by atoms with Crippen molar-refractivity contribution in [3.8, 4) is 0 Å². The molecule has 10 heavy (non-hydrogen) atoms. The number of halogens is 1. The molecule has 0 aliphatic heterocycles. The number of rotatable bonds is 1. The van der Waals surface area contributed by atoms with Crippen molar-refractivity contribution in [2.75, 3.05) is 0 Å². The van der Waals surface area contributed by atoms with Gasteiger partial charge in [0, 0.05) is 11.8 Å². The summed E-state index contributed by atoms with van der Waals surface area (Å²) in [6, 6.07) is 1.26. The van der Waals surface area contributed by atoms with E-state index in [9.17, 15) is 4.39 Å². The van der Waals surface area contributed by atoms with Crippen LogP contribution >= 0.6 is 0 Å².